The molecular formula is C20H24N2O5S2. The second kappa shape index (κ2) is 8.64. The molecule has 1 unspecified atom stereocenters. The van der Waals surface area contributed by atoms with Crippen LogP contribution in [0.2, 0.25) is 0 Å². The first-order valence-electron chi connectivity index (χ1n) is 9.28. The third-order valence-electron chi connectivity index (χ3n) is 4.84. The zero-order valence-corrected chi connectivity index (χ0v) is 17.7. The predicted molar refractivity (Wildman–Crippen MR) is 111 cm³/mol. The highest BCUT2D eigenvalue weighted by Gasteiger charge is 2.27. The Bertz CT molecular complexity index is 1080. The number of nitrogens with one attached hydrogen (secondary N) is 1. The van der Waals surface area contributed by atoms with E-state index in [1.807, 2.05) is 0 Å². The van der Waals surface area contributed by atoms with E-state index in [9.17, 15) is 21.6 Å². The Morgan fingerprint density at radius 1 is 1.07 bits per heavy atom. The molecule has 1 aliphatic rings. The molecule has 2 aromatic rings. The standard InChI is InChI=1S/C20H24N2O5S2/c1-28(24,25)22-12-6-9-18(14-22)21-20(23)17-8-5-7-16(13-17)15-29(26,27)19-10-3-2-4-11-19/h2-5,7-8,10-11,13,18H,6,9,12,14-15H2,1H3,(H,21,23). The largest absolute Gasteiger partial charge is 0.348 e. The number of sulfonamides is 1. The van der Waals surface area contributed by atoms with Gasteiger partial charge in [-0.2, -0.15) is 0 Å². The summed E-state index contributed by atoms with van der Waals surface area (Å²) in [7, 11) is -6.81. The molecule has 1 heterocycles. The minimum atomic E-state index is -3.51. The number of nitrogens with zero attached hydrogens (tertiary/aromatic N) is 1. The number of hydrogen-bond acceptors (Lipinski definition) is 5. The molecule has 1 N–H and O–H groups in total. The Morgan fingerprint density at radius 3 is 2.48 bits per heavy atom. The fourth-order valence-electron chi connectivity index (χ4n) is 3.36. The molecule has 0 saturated carbocycles. The summed E-state index contributed by atoms with van der Waals surface area (Å²) in [5.41, 5.74) is 0.866. The van der Waals surface area contributed by atoms with Gasteiger partial charge in [-0.25, -0.2) is 21.1 Å². The first-order chi connectivity index (χ1) is 13.6. The van der Waals surface area contributed by atoms with Gasteiger partial charge in [0.05, 0.1) is 16.9 Å². The number of rotatable bonds is 6. The third kappa shape index (κ3) is 5.65. The van der Waals surface area contributed by atoms with E-state index in [1.165, 1.54) is 4.31 Å². The van der Waals surface area contributed by atoms with Crippen LogP contribution in [0.3, 0.4) is 0 Å². The van der Waals surface area contributed by atoms with E-state index in [4.69, 9.17) is 0 Å². The minimum absolute atomic E-state index is 0.205. The lowest BCUT2D eigenvalue weighted by Gasteiger charge is -2.31. The molecule has 9 heteroatoms. The van der Waals surface area contributed by atoms with Gasteiger partial charge in [0, 0.05) is 24.7 Å². The number of amides is 1. The molecule has 1 amide bonds. The van der Waals surface area contributed by atoms with E-state index in [2.05, 4.69) is 5.32 Å². The van der Waals surface area contributed by atoms with Gasteiger partial charge in [0.2, 0.25) is 10.0 Å². The highest BCUT2D eigenvalue weighted by molar-refractivity contribution is 7.90. The lowest BCUT2D eigenvalue weighted by atomic mass is 10.1. The van der Waals surface area contributed by atoms with Gasteiger partial charge in [-0.3, -0.25) is 4.79 Å². The maximum atomic E-state index is 12.6. The number of sulfone groups is 1. The van der Waals surface area contributed by atoms with E-state index >= 15 is 0 Å². The first-order valence-corrected chi connectivity index (χ1v) is 12.8. The molecule has 156 valence electrons. The van der Waals surface area contributed by atoms with Crippen molar-refractivity contribution in [2.24, 2.45) is 0 Å². The van der Waals surface area contributed by atoms with Gasteiger partial charge in [-0.05, 0) is 42.7 Å². The summed E-state index contributed by atoms with van der Waals surface area (Å²) in [6.45, 7) is 0.699. The van der Waals surface area contributed by atoms with Crippen molar-refractivity contribution in [1.82, 2.24) is 9.62 Å². The van der Waals surface area contributed by atoms with Gasteiger partial charge >= 0.3 is 0 Å². The monoisotopic (exact) mass is 436 g/mol. The molecule has 1 saturated heterocycles. The summed E-state index contributed by atoms with van der Waals surface area (Å²) < 4.78 is 50.0. The summed E-state index contributed by atoms with van der Waals surface area (Å²) >= 11 is 0. The maximum Gasteiger partial charge on any atom is 0.251 e. The third-order valence-corrected chi connectivity index (χ3v) is 7.81. The molecule has 0 bridgehead atoms. The average Bonchev–Trinajstić information content (AvgIpc) is 2.68. The van der Waals surface area contributed by atoms with Gasteiger partial charge in [0.25, 0.3) is 5.91 Å². The Hall–Kier alpha value is -2.23. The van der Waals surface area contributed by atoms with E-state index in [1.54, 1.807) is 54.6 Å². The van der Waals surface area contributed by atoms with E-state index in [0.717, 1.165) is 6.26 Å². The van der Waals surface area contributed by atoms with Crippen molar-refractivity contribution >= 4 is 25.8 Å². The fraction of sp³-hybridized carbons (Fsp3) is 0.350. The van der Waals surface area contributed by atoms with Gasteiger partial charge in [-0.1, -0.05) is 30.3 Å². The second-order valence-corrected chi connectivity index (χ2v) is 11.2. The number of benzene rings is 2. The minimum Gasteiger partial charge on any atom is -0.348 e. The lowest BCUT2D eigenvalue weighted by molar-refractivity contribution is 0.0921. The van der Waals surface area contributed by atoms with Gasteiger partial charge in [-0.15, -0.1) is 0 Å². The summed E-state index contributed by atoms with van der Waals surface area (Å²) in [5, 5.41) is 2.86. The van der Waals surface area contributed by atoms with Crippen molar-refractivity contribution in [2.45, 2.75) is 29.5 Å². The summed E-state index contributed by atoms with van der Waals surface area (Å²) in [6, 6.07) is 14.4. The lowest BCUT2D eigenvalue weighted by Crippen LogP contribution is -2.49. The van der Waals surface area contributed by atoms with Crippen molar-refractivity contribution in [2.75, 3.05) is 19.3 Å². The Labute approximate surface area is 171 Å². The van der Waals surface area contributed by atoms with Crippen LogP contribution in [0.25, 0.3) is 0 Å². The van der Waals surface area contributed by atoms with E-state index < -0.39 is 19.9 Å². The quantitative estimate of drug-likeness (QED) is 0.744. The average molecular weight is 437 g/mol. The first kappa shape index (κ1) is 21.5. The molecule has 1 aliphatic heterocycles. The van der Waals surface area contributed by atoms with E-state index in [-0.39, 0.29) is 29.1 Å². The molecule has 0 radical (unpaired) electrons. The van der Waals surface area contributed by atoms with Crippen LogP contribution in [-0.4, -0.2) is 52.4 Å². The normalized spacial score (nSPS) is 18.3. The zero-order valence-electron chi connectivity index (χ0n) is 16.1. The number of carbonyl (C=O) groups excluding carboxylic acids is 1. The zero-order chi connectivity index (χ0) is 21.1. The van der Waals surface area contributed by atoms with Crippen molar-refractivity contribution < 1.29 is 21.6 Å². The highest BCUT2D eigenvalue weighted by Crippen LogP contribution is 2.18. The summed E-state index contributed by atoms with van der Waals surface area (Å²) in [6.07, 6.45) is 2.53. The van der Waals surface area contributed by atoms with Crippen LogP contribution in [0.1, 0.15) is 28.8 Å². The highest BCUT2D eigenvalue weighted by atomic mass is 32.2. The van der Waals surface area contributed by atoms with Crippen molar-refractivity contribution in [1.29, 1.82) is 0 Å². The molecule has 0 spiro atoms. The SMILES string of the molecule is CS(=O)(=O)N1CCCC(NC(=O)c2cccc(CS(=O)(=O)c3ccccc3)c2)C1. The predicted octanol–water partition coefficient (Wildman–Crippen LogP) is 1.81. The van der Waals surface area contributed by atoms with Crippen LogP contribution in [0.5, 0.6) is 0 Å². The maximum absolute atomic E-state index is 12.6. The van der Waals surface area contributed by atoms with Crippen LogP contribution in [-0.2, 0) is 25.6 Å². The summed E-state index contributed by atoms with van der Waals surface area (Å²) in [5.74, 6) is -0.548. The van der Waals surface area contributed by atoms with Crippen LogP contribution >= 0.6 is 0 Å². The van der Waals surface area contributed by atoms with Gasteiger partial charge in [0.1, 0.15) is 0 Å². The van der Waals surface area contributed by atoms with Crippen LogP contribution in [0.15, 0.2) is 59.5 Å². The number of carbonyl (C=O) groups is 1. The molecule has 7 nitrogen and oxygen atoms in total. The Kier molecular flexibility index (Phi) is 6.40. The molecule has 1 fully saturated rings. The Balaban J connectivity index is 1.70. The molecule has 3 rings (SSSR count). The fourth-order valence-corrected chi connectivity index (χ4v) is 5.63. The molecule has 0 aliphatic carbocycles. The smallest absolute Gasteiger partial charge is 0.251 e. The molecule has 1 atom stereocenters. The molecule has 29 heavy (non-hydrogen) atoms. The number of hydrogen-bond donors (Lipinski definition) is 1. The second-order valence-electron chi connectivity index (χ2n) is 7.21. The van der Waals surface area contributed by atoms with Crippen LogP contribution in [0.4, 0.5) is 0 Å². The van der Waals surface area contributed by atoms with Crippen molar-refractivity contribution in [3.63, 3.8) is 0 Å². The molecule has 0 aromatic heterocycles. The van der Waals surface area contributed by atoms with Gasteiger partial charge in [0.15, 0.2) is 9.84 Å². The van der Waals surface area contributed by atoms with Gasteiger partial charge < -0.3 is 5.32 Å². The van der Waals surface area contributed by atoms with E-state index in [0.29, 0.717) is 30.5 Å². The molecular weight excluding hydrogens is 412 g/mol. The van der Waals surface area contributed by atoms with Crippen LogP contribution < -0.4 is 5.32 Å². The van der Waals surface area contributed by atoms with Crippen LogP contribution in [0, 0.1) is 0 Å². The molecule has 2 aromatic carbocycles. The number of piperidine rings is 1. The topological polar surface area (TPSA) is 101 Å². The van der Waals surface area contributed by atoms with Crippen molar-refractivity contribution in [3.05, 3.63) is 65.7 Å². The summed E-state index contributed by atoms with van der Waals surface area (Å²) in [4.78, 5) is 12.9. The Morgan fingerprint density at radius 2 is 1.79 bits per heavy atom. The van der Waals surface area contributed by atoms with Crippen molar-refractivity contribution in [3.8, 4) is 0 Å².